The number of ketones is 2. The minimum atomic E-state index is -4.77. The van der Waals surface area contributed by atoms with E-state index in [9.17, 15) is 35.9 Å². The van der Waals surface area contributed by atoms with Gasteiger partial charge in [-0.15, -0.1) is 38.7 Å². The third-order valence-electron chi connectivity index (χ3n) is 14.0. The zero-order valence-corrected chi connectivity index (χ0v) is 45.9. The van der Waals surface area contributed by atoms with E-state index in [2.05, 4.69) is 37.2 Å². The van der Waals surface area contributed by atoms with Gasteiger partial charge in [0.25, 0.3) is 0 Å². The molecule has 81 heavy (non-hydrogen) atoms. The van der Waals surface area contributed by atoms with Crippen LogP contribution in [0.1, 0.15) is 122 Å². The summed E-state index contributed by atoms with van der Waals surface area (Å²) in [6.45, 7) is 7.67. The van der Waals surface area contributed by atoms with Crippen molar-refractivity contribution in [1.82, 2.24) is 30.2 Å². The fourth-order valence-electron chi connectivity index (χ4n) is 9.68. The van der Waals surface area contributed by atoms with Crippen molar-refractivity contribution in [3.8, 4) is 22.9 Å². The highest BCUT2D eigenvalue weighted by Gasteiger charge is 2.33. The first-order chi connectivity index (χ1) is 38.4. The van der Waals surface area contributed by atoms with Gasteiger partial charge in [0, 0.05) is 19.4 Å². The summed E-state index contributed by atoms with van der Waals surface area (Å²) in [6.07, 6.45) is -3.81. The van der Waals surface area contributed by atoms with E-state index in [1.807, 2.05) is 111 Å². The van der Waals surface area contributed by atoms with Gasteiger partial charge in [0.2, 0.25) is 0 Å². The lowest BCUT2D eigenvalue weighted by Gasteiger charge is -2.21. The quantitative estimate of drug-likeness (QED) is 0.0447. The van der Waals surface area contributed by atoms with E-state index in [1.54, 1.807) is 45.8 Å². The van der Waals surface area contributed by atoms with Crippen molar-refractivity contribution in [2.45, 2.75) is 97.1 Å². The van der Waals surface area contributed by atoms with Gasteiger partial charge in [-0.05, 0) is 176 Å². The van der Waals surface area contributed by atoms with Crippen molar-refractivity contribution in [2.75, 3.05) is 13.1 Å². The number of benzene rings is 6. The average molecular weight is 1130 g/mol. The van der Waals surface area contributed by atoms with E-state index >= 15 is 0 Å². The van der Waals surface area contributed by atoms with Crippen LogP contribution in [0.2, 0.25) is 0 Å². The molecule has 18 heteroatoms. The first-order valence-electron chi connectivity index (χ1n) is 26.8. The van der Waals surface area contributed by atoms with Crippen molar-refractivity contribution in [3.63, 3.8) is 0 Å². The molecule has 0 aliphatic heterocycles. The Labute approximate surface area is 473 Å². The van der Waals surface area contributed by atoms with Gasteiger partial charge in [0.05, 0.1) is 34.8 Å². The molecule has 0 bridgehead atoms. The summed E-state index contributed by atoms with van der Waals surface area (Å²) in [4.78, 5) is 27.0. The molecule has 2 aliphatic rings. The van der Waals surface area contributed by atoms with Crippen LogP contribution in [0.5, 0.6) is 11.5 Å². The monoisotopic (exact) mass is 1130 g/mol. The Bertz CT molecular complexity index is 3220. The van der Waals surface area contributed by atoms with Crippen LogP contribution >= 0.6 is 12.4 Å². The van der Waals surface area contributed by atoms with Crippen LogP contribution in [-0.4, -0.2) is 56.9 Å². The van der Waals surface area contributed by atoms with Crippen molar-refractivity contribution in [3.05, 3.63) is 225 Å². The highest BCUT2D eigenvalue weighted by molar-refractivity contribution is 5.97. The molecule has 2 heterocycles. The second-order valence-electron chi connectivity index (χ2n) is 20.6. The summed E-state index contributed by atoms with van der Waals surface area (Å²) >= 11 is 0. The van der Waals surface area contributed by atoms with Crippen LogP contribution in [0.15, 0.2) is 158 Å². The topological polar surface area (TPSA) is 138 Å². The van der Waals surface area contributed by atoms with E-state index < -0.39 is 12.7 Å². The number of hydrogen-bond acceptors (Lipinski definition) is 9. The normalized spacial score (nSPS) is 14.0. The maximum absolute atomic E-state index is 13.5. The van der Waals surface area contributed by atoms with Crippen LogP contribution in [0.4, 0.5) is 26.3 Å². The van der Waals surface area contributed by atoms with Gasteiger partial charge in [-0.3, -0.25) is 9.59 Å². The highest BCUT2D eigenvalue weighted by atomic mass is 35.5. The molecule has 2 atom stereocenters. The SMILES string of the molecule is CCc1cccc(-n2nc(C)cc2C(=O)Cc2cccc(C(NCC3CC3)c3cccc(OC(F)(F)F)c3)c2)c1.Cc1cc(C(=O)Cc2cccc(C(NCC3CC3)c3cccc(OC(F)(F)F)c3)c2)n(-c2cccc(CN)c2)n1.Cl. The van der Waals surface area contributed by atoms with Crippen LogP contribution in [0, 0.1) is 25.7 Å². The number of nitrogens with zero attached hydrogens (tertiary/aromatic N) is 4. The maximum atomic E-state index is 13.5. The Morgan fingerprint density at radius 2 is 0.914 bits per heavy atom. The number of aryl methyl sites for hydroxylation is 3. The number of alkyl halides is 6. The second-order valence-corrected chi connectivity index (χ2v) is 20.6. The Balaban J connectivity index is 0.000000210. The molecule has 0 amide bonds. The van der Waals surface area contributed by atoms with Gasteiger partial charge in [-0.25, -0.2) is 9.36 Å². The number of aromatic nitrogens is 4. The Hall–Kier alpha value is -7.57. The lowest BCUT2D eigenvalue weighted by molar-refractivity contribution is -0.275. The standard InChI is InChI=1S/C32H32F3N3O2.C31H31F3N4O2.ClH/c1-3-22-7-5-11-27(17-22)38-29(15-21(2)37-38)30(39)18-24-8-4-9-25(16-24)31(36-20-23-13-14-23)26-10-6-12-28(19-26)40-32(33,34)35;1-20-13-28(38(37-20)26-9-3-6-23(15-26)18-35)29(39)16-22-5-2-7-24(14-22)30(36-19-21-11-12-21)25-8-4-10-27(17-25)40-31(32,33)34;/h4-12,15-17,19,23,31,36H,3,13-14,18,20H2,1-2H3;2-10,13-15,17,21,30,36H,11-12,16,18-19,35H2,1H3;1H. The fourth-order valence-corrected chi connectivity index (χ4v) is 9.68. The first kappa shape index (κ1) is 59.5. The van der Waals surface area contributed by atoms with Gasteiger partial charge < -0.3 is 25.8 Å². The molecule has 2 unspecified atom stereocenters. The van der Waals surface area contributed by atoms with Gasteiger partial charge in [0.1, 0.15) is 22.9 Å². The molecule has 424 valence electrons. The minimum Gasteiger partial charge on any atom is -0.406 e. The van der Waals surface area contributed by atoms with Crippen molar-refractivity contribution in [2.24, 2.45) is 17.6 Å². The number of nitrogens with two attached hydrogens (primary N) is 1. The Kier molecular flexibility index (Phi) is 19.4. The zero-order chi connectivity index (χ0) is 56.6. The van der Waals surface area contributed by atoms with Crippen LogP contribution in [0.25, 0.3) is 11.4 Å². The van der Waals surface area contributed by atoms with Crippen molar-refractivity contribution < 1.29 is 45.4 Å². The summed E-state index contributed by atoms with van der Waals surface area (Å²) in [5.41, 5.74) is 16.6. The van der Waals surface area contributed by atoms with Gasteiger partial charge >= 0.3 is 12.7 Å². The summed E-state index contributed by atoms with van der Waals surface area (Å²) in [6, 6.07) is 45.8. The highest BCUT2D eigenvalue weighted by Crippen LogP contribution is 2.35. The lowest BCUT2D eigenvalue weighted by Crippen LogP contribution is -2.25. The number of hydrogen-bond donors (Lipinski definition) is 3. The van der Waals surface area contributed by atoms with Crippen LogP contribution < -0.4 is 25.8 Å². The second kappa shape index (κ2) is 26.3. The molecule has 11 nitrogen and oxygen atoms in total. The van der Waals surface area contributed by atoms with Crippen LogP contribution in [-0.2, 0) is 25.8 Å². The third kappa shape index (κ3) is 16.8. The predicted octanol–water partition coefficient (Wildman–Crippen LogP) is 13.6. The van der Waals surface area contributed by atoms with E-state index in [4.69, 9.17) is 5.73 Å². The smallest absolute Gasteiger partial charge is 0.406 e. The molecule has 2 saturated carbocycles. The van der Waals surface area contributed by atoms with E-state index in [-0.39, 0.29) is 60.4 Å². The molecule has 0 saturated heterocycles. The van der Waals surface area contributed by atoms with Crippen molar-refractivity contribution >= 4 is 24.0 Å². The largest absolute Gasteiger partial charge is 0.573 e. The summed E-state index contributed by atoms with van der Waals surface area (Å²) in [7, 11) is 0. The molecule has 8 aromatic rings. The Morgan fingerprint density at radius 3 is 1.31 bits per heavy atom. The predicted molar refractivity (Wildman–Crippen MR) is 301 cm³/mol. The molecular formula is C63H64ClF6N7O4. The van der Waals surface area contributed by atoms with Gasteiger partial charge in [-0.2, -0.15) is 10.2 Å². The van der Waals surface area contributed by atoms with E-state index in [1.165, 1.54) is 24.3 Å². The molecule has 4 N–H and O–H groups in total. The molecule has 2 aromatic heterocycles. The third-order valence-corrected chi connectivity index (χ3v) is 14.0. The number of ether oxygens (including phenoxy) is 2. The zero-order valence-electron chi connectivity index (χ0n) is 45.1. The summed E-state index contributed by atoms with van der Waals surface area (Å²) in [5, 5.41) is 16.2. The molecule has 0 radical (unpaired) electrons. The molecule has 2 fully saturated rings. The number of nitrogens with one attached hydrogen (secondary N) is 2. The number of rotatable bonds is 22. The average Bonchev–Trinajstić information content (AvgIpc) is 4.40. The molecule has 6 aromatic carbocycles. The fraction of sp³-hybridized carbons (Fsp3) is 0.302. The number of carbonyl (C=O) groups is 2. The maximum Gasteiger partial charge on any atom is 0.573 e. The lowest BCUT2D eigenvalue weighted by atomic mass is 9.95. The van der Waals surface area contributed by atoms with E-state index in [0.29, 0.717) is 40.9 Å². The molecule has 2 aliphatic carbocycles. The number of Topliss-reactive ketones (excluding diaryl/α,β-unsaturated/α-hetero) is 2. The molecule has 10 rings (SSSR count). The molecule has 0 spiro atoms. The molecular weight excluding hydrogens is 1070 g/mol. The summed E-state index contributed by atoms with van der Waals surface area (Å²) in [5.74, 6) is 0.434. The first-order valence-corrected chi connectivity index (χ1v) is 26.8. The van der Waals surface area contributed by atoms with Gasteiger partial charge in [-0.1, -0.05) is 104 Å². The van der Waals surface area contributed by atoms with Crippen molar-refractivity contribution in [1.29, 1.82) is 0 Å². The number of carbonyl (C=O) groups excluding carboxylic acids is 2. The van der Waals surface area contributed by atoms with Crippen LogP contribution in [0.3, 0.4) is 0 Å². The Morgan fingerprint density at radius 1 is 0.543 bits per heavy atom. The number of halogens is 7. The van der Waals surface area contributed by atoms with E-state index in [0.717, 1.165) is 101 Å². The summed E-state index contributed by atoms with van der Waals surface area (Å²) < 4.78 is 88.9. The minimum absolute atomic E-state index is 0. The van der Waals surface area contributed by atoms with Gasteiger partial charge in [0.15, 0.2) is 11.6 Å².